The minimum absolute atomic E-state index is 0.118. The van der Waals surface area contributed by atoms with E-state index < -0.39 is 0 Å². The molecule has 0 unspecified atom stereocenters. The van der Waals surface area contributed by atoms with Crippen LogP contribution in [0.15, 0.2) is 36.4 Å². The molecule has 0 aliphatic carbocycles. The summed E-state index contributed by atoms with van der Waals surface area (Å²) >= 11 is 0. The van der Waals surface area contributed by atoms with Gasteiger partial charge in [0, 0.05) is 12.1 Å². The number of benzene rings is 2. The fourth-order valence-corrected chi connectivity index (χ4v) is 4.33. The first kappa shape index (κ1) is 22.3. The van der Waals surface area contributed by atoms with Crippen LogP contribution in [0.25, 0.3) is 0 Å². The Labute approximate surface area is 181 Å². The molecule has 0 bridgehead atoms. The zero-order valence-electron chi connectivity index (χ0n) is 18.9. The molecule has 1 saturated heterocycles. The van der Waals surface area contributed by atoms with Gasteiger partial charge in [0.2, 0.25) is 0 Å². The number of rotatable bonds is 8. The van der Waals surface area contributed by atoms with Crippen LogP contribution in [-0.2, 0) is 4.79 Å². The molecule has 0 aromatic heterocycles. The SMILES string of the molecule is Cc1cc(C)cc(OCCC[NH+]2CC[NH+](CC(=O)Nc3c(C)cccc3C)CC2)c1. The molecule has 2 aromatic carbocycles. The molecule has 1 aliphatic heterocycles. The molecule has 0 radical (unpaired) electrons. The van der Waals surface area contributed by atoms with Gasteiger partial charge in [0.15, 0.2) is 6.54 Å². The number of ether oxygens (including phenoxy) is 1. The summed E-state index contributed by atoms with van der Waals surface area (Å²) < 4.78 is 5.94. The first-order valence-corrected chi connectivity index (χ1v) is 11.1. The maximum absolute atomic E-state index is 12.5. The van der Waals surface area contributed by atoms with E-state index in [0.29, 0.717) is 6.54 Å². The normalized spacial score (nSPS) is 18.8. The van der Waals surface area contributed by atoms with Gasteiger partial charge in [0.25, 0.3) is 5.91 Å². The third-order valence-corrected chi connectivity index (χ3v) is 5.96. The number of hydrogen-bond donors (Lipinski definition) is 3. The van der Waals surface area contributed by atoms with E-state index in [2.05, 4.69) is 37.4 Å². The Morgan fingerprint density at radius 2 is 1.53 bits per heavy atom. The van der Waals surface area contributed by atoms with Crippen molar-refractivity contribution in [3.8, 4) is 5.75 Å². The predicted molar refractivity (Wildman–Crippen MR) is 122 cm³/mol. The first-order valence-electron chi connectivity index (χ1n) is 11.1. The molecule has 5 heteroatoms. The molecule has 1 amide bonds. The summed E-state index contributed by atoms with van der Waals surface area (Å²) in [5, 5.41) is 3.12. The van der Waals surface area contributed by atoms with Crippen LogP contribution >= 0.6 is 0 Å². The monoisotopic (exact) mass is 411 g/mol. The van der Waals surface area contributed by atoms with E-state index in [4.69, 9.17) is 4.74 Å². The molecule has 162 valence electrons. The number of quaternary nitrogens is 2. The Hall–Kier alpha value is -2.37. The van der Waals surface area contributed by atoms with E-state index in [1.807, 2.05) is 32.0 Å². The number of piperazine rings is 1. The number of nitrogens with one attached hydrogen (secondary N) is 3. The van der Waals surface area contributed by atoms with Crippen LogP contribution in [0.3, 0.4) is 0 Å². The number of aryl methyl sites for hydroxylation is 4. The van der Waals surface area contributed by atoms with Crippen LogP contribution < -0.4 is 19.9 Å². The van der Waals surface area contributed by atoms with E-state index in [0.717, 1.165) is 68.3 Å². The fourth-order valence-electron chi connectivity index (χ4n) is 4.33. The highest BCUT2D eigenvalue weighted by Crippen LogP contribution is 2.19. The van der Waals surface area contributed by atoms with Gasteiger partial charge in [-0.3, -0.25) is 4.79 Å². The van der Waals surface area contributed by atoms with Crippen molar-refractivity contribution in [2.45, 2.75) is 34.1 Å². The van der Waals surface area contributed by atoms with Gasteiger partial charge in [-0.1, -0.05) is 24.3 Å². The molecule has 30 heavy (non-hydrogen) atoms. The molecular formula is C25H37N3O2+2. The molecule has 3 rings (SSSR count). The van der Waals surface area contributed by atoms with Crippen LogP contribution in [0, 0.1) is 27.7 Å². The largest absolute Gasteiger partial charge is 0.493 e. The first-order chi connectivity index (χ1) is 14.4. The Bertz CT molecular complexity index is 817. The summed E-state index contributed by atoms with van der Waals surface area (Å²) in [7, 11) is 0. The molecule has 3 N–H and O–H groups in total. The molecule has 5 nitrogen and oxygen atoms in total. The lowest BCUT2D eigenvalue weighted by atomic mass is 10.1. The topological polar surface area (TPSA) is 47.2 Å². The van der Waals surface area contributed by atoms with E-state index in [1.165, 1.54) is 16.0 Å². The number of carbonyl (C=O) groups excluding carboxylic acids is 1. The van der Waals surface area contributed by atoms with Gasteiger partial charge in [-0.15, -0.1) is 0 Å². The molecular weight excluding hydrogens is 374 g/mol. The third kappa shape index (κ3) is 6.57. The smallest absolute Gasteiger partial charge is 0.279 e. The van der Waals surface area contributed by atoms with Crippen molar-refractivity contribution >= 4 is 11.6 Å². The third-order valence-electron chi connectivity index (χ3n) is 5.96. The summed E-state index contributed by atoms with van der Waals surface area (Å²) in [4.78, 5) is 15.5. The molecule has 0 spiro atoms. The average molecular weight is 412 g/mol. The molecule has 0 saturated carbocycles. The molecule has 1 heterocycles. The van der Waals surface area contributed by atoms with Gasteiger partial charge in [0.1, 0.15) is 31.9 Å². The van der Waals surface area contributed by atoms with Gasteiger partial charge < -0.3 is 19.9 Å². The standard InChI is InChI=1S/C25H35N3O2/c1-19-15-20(2)17-23(16-19)30-14-6-9-27-10-12-28(13-11-27)18-24(29)26-25-21(3)7-5-8-22(25)4/h5,7-8,15-17H,6,9-14,18H2,1-4H3,(H,26,29)/p+2. The number of carbonyl (C=O) groups is 1. The molecule has 1 fully saturated rings. The van der Waals surface area contributed by atoms with Crippen LogP contribution in [0.1, 0.15) is 28.7 Å². The number of anilines is 1. The lowest BCUT2D eigenvalue weighted by Crippen LogP contribution is -3.28. The number of para-hydroxylation sites is 1. The van der Waals surface area contributed by atoms with Crippen LogP contribution in [-0.4, -0.2) is 51.8 Å². The van der Waals surface area contributed by atoms with E-state index in [9.17, 15) is 4.79 Å². The summed E-state index contributed by atoms with van der Waals surface area (Å²) in [5.74, 6) is 1.10. The van der Waals surface area contributed by atoms with Gasteiger partial charge in [-0.25, -0.2) is 0 Å². The van der Waals surface area contributed by atoms with Gasteiger partial charge in [-0.2, -0.15) is 0 Å². The minimum atomic E-state index is 0.118. The molecule has 1 aliphatic rings. The van der Waals surface area contributed by atoms with Crippen molar-refractivity contribution in [3.05, 3.63) is 58.7 Å². The summed E-state index contributed by atoms with van der Waals surface area (Å²) in [6, 6.07) is 12.5. The number of hydrogen-bond acceptors (Lipinski definition) is 2. The predicted octanol–water partition coefficient (Wildman–Crippen LogP) is 1.11. The van der Waals surface area contributed by atoms with Crippen molar-refractivity contribution in [2.75, 3.05) is 51.2 Å². The van der Waals surface area contributed by atoms with Crippen LogP contribution in [0.4, 0.5) is 5.69 Å². The second-order valence-corrected chi connectivity index (χ2v) is 8.77. The Kier molecular flexibility index (Phi) is 7.88. The van der Waals surface area contributed by atoms with E-state index in [1.54, 1.807) is 4.90 Å². The van der Waals surface area contributed by atoms with Crippen LogP contribution in [0.5, 0.6) is 5.75 Å². The van der Waals surface area contributed by atoms with Gasteiger partial charge in [0.05, 0.1) is 13.2 Å². The second-order valence-electron chi connectivity index (χ2n) is 8.77. The maximum Gasteiger partial charge on any atom is 0.279 e. The Morgan fingerprint density at radius 3 is 2.17 bits per heavy atom. The fraction of sp³-hybridized carbons (Fsp3) is 0.480. The highest BCUT2D eigenvalue weighted by Gasteiger charge is 2.24. The van der Waals surface area contributed by atoms with Crippen molar-refractivity contribution < 1.29 is 19.3 Å². The van der Waals surface area contributed by atoms with Crippen molar-refractivity contribution in [3.63, 3.8) is 0 Å². The van der Waals surface area contributed by atoms with E-state index >= 15 is 0 Å². The minimum Gasteiger partial charge on any atom is -0.493 e. The van der Waals surface area contributed by atoms with Crippen molar-refractivity contribution in [1.29, 1.82) is 0 Å². The summed E-state index contributed by atoms with van der Waals surface area (Å²) in [6.07, 6.45) is 1.06. The second kappa shape index (κ2) is 10.6. The molecule has 2 aromatic rings. The average Bonchev–Trinajstić information content (AvgIpc) is 2.69. The number of amides is 1. The zero-order chi connectivity index (χ0) is 21.5. The van der Waals surface area contributed by atoms with Crippen LogP contribution in [0.2, 0.25) is 0 Å². The lowest BCUT2D eigenvalue weighted by Gasteiger charge is -2.29. The molecule has 0 atom stereocenters. The van der Waals surface area contributed by atoms with Gasteiger partial charge >= 0.3 is 0 Å². The Morgan fingerprint density at radius 1 is 0.933 bits per heavy atom. The quantitative estimate of drug-likeness (QED) is 0.570. The maximum atomic E-state index is 12.5. The Balaban J connectivity index is 1.34. The highest BCUT2D eigenvalue weighted by molar-refractivity contribution is 5.93. The van der Waals surface area contributed by atoms with Crippen molar-refractivity contribution in [2.24, 2.45) is 0 Å². The van der Waals surface area contributed by atoms with E-state index in [-0.39, 0.29) is 5.91 Å². The summed E-state index contributed by atoms with van der Waals surface area (Å²) in [5.41, 5.74) is 5.70. The highest BCUT2D eigenvalue weighted by atomic mass is 16.5. The van der Waals surface area contributed by atoms with Gasteiger partial charge in [-0.05, 0) is 62.1 Å². The summed E-state index contributed by atoms with van der Waals surface area (Å²) in [6.45, 7) is 15.1. The van der Waals surface area contributed by atoms with Crippen molar-refractivity contribution in [1.82, 2.24) is 0 Å². The zero-order valence-corrected chi connectivity index (χ0v) is 18.9. The lowest BCUT2D eigenvalue weighted by molar-refractivity contribution is -1.01.